The Kier molecular flexibility index (Phi) is 3.38. The number of H-pyrrole nitrogens is 1. The van der Waals surface area contributed by atoms with Crippen LogP contribution in [0.5, 0.6) is 0 Å². The Morgan fingerprint density at radius 3 is 2.88 bits per heavy atom. The van der Waals surface area contributed by atoms with Gasteiger partial charge in [-0.1, -0.05) is 0 Å². The number of fused-ring (bicyclic) bond motifs is 1. The molecule has 0 spiro atoms. The molecule has 2 rings (SSSR count). The van der Waals surface area contributed by atoms with Gasteiger partial charge in [-0.2, -0.15) is 0 Å². The molecule has 5 heteroatoms. The topological polar surface area (TPSA) is 54.7 Å². The lowest BCUT2D eigenvalue weighted by atomic mass is 10.1. The van der Waals surface area contributed by atoms with Crippen LogP contribution in [0.15, 0.2) is 12.1 Å². The van der Waals surface area contributed by atoms with Crippen molar-refractivity contribution < 1.29 is 8.78 Å². The summed E-state index contributed by atoms with van der Waals surface area (Å²) in [6, 6.07) is 2.74. The largest absolute Gasteiger partial charge is 0.342 e. The van der Waals surface area contributed by atoms with Crippen LogP contribution in [0.2, 0.25) is 0 Å². The molecular formula is C12H15F2N3. The van der Waals surface area contributed by atoms with E-state index in [1.54, 1.807) is 0 Å². The van der Waals surface area contributed by atoms with Crippen LogP contribution in [0.25, 0.3) is 11.0 Å². The Morgan fingerprint density at radius 2 is 2.18 bits per heavy atom. The number of nitrogens with two attached hydrogens (primary N) is 1. The Hall–Kier alpha value is -1.49. The highest BCUT2D eigenvalue weighted by Crippen LogP contribution is 2.18. The molecule has 3 N–H and O–H groups in total. The molecule has 0 saturated heterocycles. The van der Waals surface area contributed by atoms with Crippen molar-refractivity contribution in [3.05, 3.63) is 29.6 Å². The zero-order chi connectivity index (χ0) is 12.4. The molecule has 17 heavy (non-hydrogen) atoms. The summed E-state index contributed by atoms with van der Waals surface area (Å²) in [4.78, 5) is 7.04. The van der Waals surface area contributed by atoms with Gasteiger partial charge in [0, 0.05) is 12.5 Å². The van der Waals surface area contributed by atoms with E-state index in [9.17, 15) is 8.78 Å². The van der Waals surface area contributed by atoms with Gasteiger partial charge in [0.2, 0.25) is 0 Å². The Bertz CT molecular complexity index is 520. The lowest BCUT2D eigenvalue weighted by Gasteiger charge is -2.01. The number of aryl methyl sites for hydroxylation is 1. The average Bonchev–Trinajstić information content (AvgIpc) is 2.67. The summed E-state index contributed by atoms with van der Waals surface area (Å²) < 4.78 is 26.4. The van der Waals surface area contributed by atoms with Crippen LogP contribution in [-0.2, 0) is 6.42 Å². The molecule has 1 aromatic carbocycles. The van der Waals surface area contributed by atoms with Crippen LogP contribution >= 0.6 is 0 Å². The number of aromatic nitrogens is 2. The minimum absolute atomic E-state index is 0.0702. The van der Waals surface area contributed by atoms with Gasteiger partial charge in [-0.15, -0.1) is 0 Å². The number of imidazole rings is 1. The molecule has 0 radical (unpaired) electrons. The summed E-state index contributed by atoms with van der Waals surface area (Å²) in [5.74, 6) is -1.09. The van der Waals surface area contributed by atoms with Gasteiger partial charge in [0.1, 0.15) is 11.3 Å². The molecule has 1 atom stereocenters. The number of nitrogens with zero attached hydrogens (tertiary/aromatic N) is 1. The van der Waals surface area contributed by atoms with E-state index in [4.69, 9.17) is 5.73 Å². The molecule has 92 valence electrons. The fourth-order valence-electron chi connectivity index (χ4n) is 1.78. The third-order valence-corrected chi connectivity index (χ3v) is 2.67. The maximum absolute atomic E-state index is 13.4. The van der Waals surface area contributed by atoms with Gasteiger partial charge in [0.25, 0.3) is 0 Å². The van der Waals surface area contributed by atoms with E-state index in [0.717, 1.165) is 18.9 Å². The molecule has 1 heterocycles. The van der Waals surface area contributed by atoms with Gasteiger partial charge >= 0.3 is 0 Å². The van der Waals surface area contributed by atoms with Crippen molar-refractivity contribution in [1.29, 1.82) is 0 Å². The first-order chi connectivity index (χ1) is 8.08. The van der Waals surface area contributed by atoms with Gasteiger partial charge in [0.15, 0.2) is 11.6 Å². The zero-order valence-corrected chi connectivity index (χ0v) is 9.63. The van der Waals surface area contributed by atoms with Gasteiger partial charge in [0.05, 0.1) is 5.52 Å². The molecule has 0 bridgehead atoms. The predicted octanol–water partition coefficient (Wildman–Crippen LogP) is 2.51. The predicted molar refractivity (Wildman–Crippen MR) is 62.6 cm³/mol. The molecule has 0 amide bonds. The molecule has 1 unspecified atom stereocenters. The fourth-order valence-corrected chi connectivity index (χ4v) is 1.78. The number of hydrogen-bond donors (Lipinski definition) is 2. The van der Waals surface area contributed by atoms with Crippen molar-refractivity contribution in [2.45, 2.75) is 32.2 Å². The van der Waals surface area contributed by atoms with Crippen molar-refractivity contribution in [2.24, 2.45) is 5.73 Å². The van der Waals surface area contributed by atoms with E-state index in [0.29, 0.717) is 17.8 Å². The first-order valence-electron chi connectivity index (χ1n) is 5.66. The minimum atomic E-state index is -0.891. The number of nitrogens with one attached hydrogen (secondary N) is 1. The smallest absolute Gasteiger partial charge is 0.186 e. The highest BCUT2D eigenvalue weighted by atomic mass is 19.2. The number of hydrogen-bond acceptors (Lipinski definition) is 2. The van der Waals surface area contributed by atoms with Crippen molar-refractivity contribution >= 4 is 11.0 Å². The Balaban J connectivity index is 2.17. The molecule has 0 saturated carbocycles. The minimum Gasteiger partial charge on any atom is -0.342 e. The number of benzene rings is 1. The van der Waals surface area contributed by atoms with Gasteiger partial charge in [-0.25, -0.2) is 13.8 Å². The van der Waals surface area contributed by atoms with Gasteiger partial charge in [-0.05, 0) is 31.9 Å². The van der Waals surface area contributed by atoms with Crippen molar-refractivity contribution in [2.75, 3.05) is 0 Å². The summed E-state index contributed by atoms with van der Waals surface area (Å²) in [6.07, 6.45) is 2.45. The van der Waals surface area contributed by atoms with Crippen LogP contribution < -0.4 is 5.73 Å². The van der Waals surface area contributed by atoms with E-state index in [1.165, 1.54) is 6.07 Å². The molecule has 0 fully saturated rings. The number of halogens is 2. The normalized spacial score (nSPS) is 13.2. The van der Waals surface area contributed by atoms with E-state index >= 15 is 0 Å². The van der Waals surface area contributed by atoms with Crippen molar-refractivity contribution in [1.82, 2.24) is 9.97 Å². The molecule has 2 aromatic rings. The summed E-state index contributed by atoms with van der Waals surface area (Å²) >= 11 is 0. The first-order valence-corrected chi connectivity index (χ1v) is 5.66. The summed E-state index contributed by atoms with van der Waals surface area (Å²) in [6.45, 7) is 1.94. The van der Waals surface area contributed by atoms with Crippen LogP contribution in [-0.4, -0.2) is 16.0 Å². The highest BCUT2D eigenvalue weighted by molar-refractivity contribution is 5.75. The van der Waals surface area contributed by atoms with Crippen LogP contribution in [0.3, 0.4) is 0 Å². The molecule has 0 aliphatic heterocycles. The third kappa shape index (κ3) is 2.61. The molecular weight excluding hydrogens is 224 g/mol. The monoisotopic (exact) mass is 239 g/mol. The van der Waals surface area contributed by atoms with E-state index < -0.39 is 11.6 Å². The number of aromatic amines is 1. The summed E-state index contributed by atoms with van der Waals surface area (Å²) in [7, 11) is 0. The maximum Gasteiger partial charge on any atom is 0.186 e. The maximum atomic E-state index is 13.4. The Labute approximate surface area is 98.0 Å². The Morgan fingerprint density at radius 1 is 1.41 bits per heavy atom. The number of rotatable bonds is 4. The molecule has 0 aliphatic carbocycles. The second-order valence-corrected chi connectivity index (χ2v) is 4.31. The van der Waals surface area contributed by atoms with E-state index in [2.05, 4.69) is 9.97 Å². The average molecular weight is 239 g/mol. The van der Waals surface area contributed by atoms with Crippen LogP contribution in [0, 0.1) is 11.6 Å². The zero-order valence-electron chi connectivity index (χ0n) is 9.63. The van der Waals surface area contributed by atoms with Gasteiger partial charge in [-0.3, -0.25) is 0 Å². The first kappa shape index (κ1) is 12.0. The lowest BCUT2D eigenvalue weighted by Crippen LogP contribution is -2.14. The van der Waals surface area contributed by atoms with Gasteiger partial charge < -0.3 is 10.7 Å². The summed E-state index contributed by atoms with van der Waals surface area (Å²) in [5, 5.41) is 0. The SMILES string of the molecule is CC(N)CCCc1nc2c(F)c(F)ccc2[nH]1. The van der Waals surface area contributed by atoms with Crippen LogP contribution in [0.1, 0.15) is 25.6 Å². The second-order valence-electron chi connectivity index (χ2n) is 4.31. The van der Waals surface area contributed by atoms with Crippen LogP contribution in [0.4, 0.5) is 8.78 Å². The fraction of sp³-hybridized carbons (Fsp3) is 0.417. The molecule has 3 nitrogen and oxygen atoms in total. The van der Waals surface area contributed by atoms with Crippen molar-refractivity contribution in [3.63, 3.8) is 0 Å². The highest BCUT2D eigenvalue weighted by Gasteiger charge is 2.11. The molecule has 1 aromatic heterocycles. The molecule has 0 aliphatic rings. The quantitative estimate of drug-likeness (QED) is 0.861. The lowest BCUT2D eigenvalue weighted by molar-refractivity contribution is 0.515. The third-order valence-electron chi connectivity index (χ3n) is 2.67. The van der Waals surface area contributed by atoms with E-state index in [1.807, 2.05) is 6.92 Å². The standard InChI is InChI=1S/C12H15F2N3/c1-7(15)3-2-4-10-16-9-6-5-8(13)11(14)12(9)17-10/h5-7H,2-4,15H2,1H3,(H,16,17). The van der Waals surface area contributed by atoms with E-state index in [-0.39, 0.29) is 11.6 Å². The summed E-state index contributed by atoms with van der Waals surface area (Å²) in [5.41, 5.74) is 6.23. The van der Waals surface area contributed by atoms with Crippen molar-refractivity contribution in [3.8, 4) is 0 Å². The second kappa shape index (κ2) is 4.79.